The van der Waals surface area contributed by atoms with Gasteiger partial charge in [0.1, 0.15) is 0 Å². The first-order valence-electron chi connectivity index (χ1n) is 6.09. The van der Waals surface area contributed by atoms with Gasteiger partial charge in [0.2, 0.25) is 5.95 Å². The number of aryl methyl sites for hydroxylation is 1. The van der Waals surface area contributed by atoms with Crippen LogP contribution < -0.4 is 11.0 Å². The summed E-state index contributed by atoms with van der Waals surface area (Å²) in [6, 6.07) is 7.48. The van der Waals surface area contributed by atoms with Gasteiger partial charge in [-0.15, -0.1) is 0 Å². The first-order valence-corrected chi connectivity index (χ1v) is 6.09. The number of nitrogens with one attached hydrogen (secondary N) is 2. The van der Waals surface area contributed by atoms with Gasteiger partial charge in [-0.25, -0.2) is 10.4 Å². The van der Waals surface area contributed by atoms with Crippen LogP contribution in [-0.2, 0) is 0 Å². The lowest BCUT2D eigenvalue weighted by Crippen LogP contribution is -2.11. The standard InChI is InChI=1S/C13H13N5O3/c1-8-6-12(19)15-13(14-8)17-16-9(2)10-4-3-5-11(7-10)18(20)21/h3-7H,1-2H3,(H2,14,15,17,19)/b16-9+. The van der Waals surface area contributed by atoms with E-state index in [1.165, 1.54) is 18.2 Å². The van der Waals surface area contributed by atoms with Crippen molar-refractivity contribution in [2.45, 2.75) is 13.8 Å². The van der Waals surface area contributed by atoms with Crippen molar-refractivity contribution in [2.24, 2.45) is 5.10 Å². The minimum atomic E-state index is -0.468. The average Bonchev–Trinajstić information content (AvgIpc) is 2.44. The first-order chi connectivity index (χ1) is 9.95. The molecular weight excluding hydrogens is 274 g/mol. The Bertz CT molecular complexity index is 766. The Balaban J connectivity index is 2.23. The second-order valence-electron chi connectivity index (χ2n) is 4.35. The van der Waals surface area contributed by atoms with E-state index in [0.29, 0.717) is 17.0 Å². The molecule has 2 aromatic rings. The highest BCUT2D eigenvalue weighted by Crippen LogP contribution is 2.13. The van der Waals surface area contributed by atoms with Crippen LogP contribution in [0.1, 0.15) is 18.2 Å². The Labute approximate surface area is 119 Å². The molecule has 108 valence electrons. The van der Waals surface area contributed by atoms with Crippen LogP contribution in [-0.4, -0.2) is 20.6 Å². The number of benzene rings is 1. The number of nitro groups is 1. The molecule has 0 radical (unpaired) electrons. The van der Waals surface area contributed by atoms with Crippen molar-refractivity contribution in [3.8, 4) is 0 Å². The van der Waals surface area contributed by atoms with Crippen molar-refractivity contribution in [1.29, 1.82) is 0 Å². The van der Waals surface area contributed by atoms with Gasteiger partial charge in [-0.2, -0.15) is 5.10 Å². The SMILES string of the molecule is C/C(=N\Nc1nc(C)cc(=O)[nH]1)c1cccc([N+](=O)[O-])c1. The molecule has 8 nitrogen and oxygen atoms in total. The molecule has 0 saturated heterocycles. The first kappa shape index (κ1) is 14.4. The van der Waals surface area contributed by atoms with E-state index in [4.69, 9.17) is 0 Å². The predicted molar refractivity (Wildman–Crippen MR) is 78.5 cm³/mol. The molecule has 1 aromatic heterocycles. The van der Waals surface area contributed by atoms with Crippen LogP contribution in [0.25, 0.3) is 0 Å². The lowest BCUT2D eigenvalue weighted by Gasteiger charge is -2.03. The number of rotatable bonds is 4. The fraction of sp³-hybridized carbons (Fsp3) is 0.154. The van der Waals surface area contributed by atoms with Crippen LogP contribution >= 0.6 is 0 Å². The van der Waals surface area contributed by atoms with Gasteiger partial charge < -0.3 is 0 Å². The monoisotopic (exact) mass is 287 g/mol. The van der Waals surface area contributed by atoms with E-state index in [1.54, 1.807) is 26.0 Å². The van der Waals surface area contributed by atoms with Gasteiger partial charge in [0.15, 0.2) is 0 Å². The van der Waals surface area contributed by atoms with Crippen LogP contribution in [0, 0.1) is 17.0 Å². The van der Waals surface area contributed by atoms with Gasteiger partial charge >= 0.3 is 0 Å². The number of non-ortho nitro benzene ring substituents is 1. The average molecular weight is 287 g/mol. The van der Waals surface area contributed by atoms with Gasteiger partial charge in [-0.05, 0) is 13.8 Å². The lowest BCUT2D eigenvalue weighted by molar-refractivity contribution is -0.384. The molecule has 0 atom stereocenters. The highest BCUT2D eigenvalue weighted by atomic mass is 16.6. The summed E-state index contributed by atoms with van der Waals surface area (Å²) in [6.07, 6.45) is 0. The summed E-state index contributed by atoms with van der Waals surface area (Å²) in [5.74, 6) is 0.213. The van der Waals surface area contributed by atoms with Crippen molar-refractivity contribution in [3.63, 3.8) is 0 Å². The fourth-order valence-corrected chi connectivity index (χ4v) is 1.68. The normalized spacial score (nSPS) is 11.2. The van der Waals surface area contributed by atoms with Gasteiger partial charge in [0.05, 0.1) is 10.6 Å². The summed E-state index contributed by atoms with van der Waals surface area (Å²) in [6.45, 7) is 3.39. The predicted octanol–water partition coefficient (Wildman–Crippen LogP) is 1.82. The second kappa shape index (κ2) is 5.95. The zero-order valence-corrected chi connectivity index (χ0v) is 11.5. The second-order valence-corrected chi connectivity index (χ2v) is 4.35. The zero-order chi connectivity index (χ0) is 15.4. The molecule has 1 aromatic carbocycles. The highest BCUT2D eigenvalue weighted by Gasteiger charge is 2.07. The molecule has 0 saturated carbocycles. The van der Waals surface area contributed by atoms with Crippen LogP contribution in [0.3, 0.4) is 0 Å². The quantitative estimate of drug-likeness (QED) is 0.506. The number of aromatic amines is 1. The zero-order valence-electron chi connectivity index (χ0n) is 11.5. The summed E-state index contributed by atoms with van der Waals surface area (Å²) >= 11 is 0. The number of H-pyrrole nitrogens is 1. The summed E-state index contributed by atoms with van der Waals surface area (Å²) < 4.78 is 0. The Morgan fingerprint density at radius 1 is 1.43 bits per heavy atom. The Hall–Kier alpha value is -3.03. The Morgan fingerprint density at radius 3 is 2.86 bits per heavy atom. The molecule has 21 heavy (non-hydrogen) atoms. The molecule has 0 fully saturated rings. The third-order valence-corrected chi connectivity index (χ3v) is 2.67. The number of anilines is 1. The number of hydrogen-bond donors (Lipinski definition) is 2. The minimum Gasteiger partial charge on any atom is -0.291 e. The molecule has 2 N–H and O–H groups in total. The molecule has 0 spiro atoms. The van der Waals surface area contributed by atoms with Crippen molar-refractivity contribution < 1.29 is 4.92 Å². The fourth-order valence-electron chi connectivity index (χ4n) is 1.68. The maximum Gasteiger partial charge on any atom is 0.270 e. The molecule has 0 aliphatic rings. The number of hydrogen-bond acceptors (Lipinski definition) is 6. The van der Waals surface area contributed by atoms with E-state index in [1.807, 2.05) is 0 Å². The van der Waals surface area contributed by atoms with E-state index in [0.717, 1.165) is 0 Å². The Morgan fingerprint density at radius 2 is 2.19 bits per heavy atom. The van der Waals surface area contributed by atoms with E-state index in [2.05, 4.69) is 20.5 Å². The van der Waals surface area contributed by atoms with Crippen LogP contribution in [0.15, 0.2) is 40.2 Å². The maximum absolute atomic E-state index is 11.3. The van der Waals surface area contributed by atoms with E-state index in [9.17, 15) is 14.9 Å². The summed E-state index contributed by atoms with van der Waals surface area (Å²) in [7, 11) is 0. The summed E-state index contributed by atoms with van der Waals surface area (Å²) in [4.78, 5) is 28.1. The largest absolute Gasteiger partial charge is 0.291 e. The van der Waals surface area contributed by atoms with Crippen molar-refractivity contribution in [2.75, 3.05) is 5.43 Å². The third-order valence-electron chi connectivity index (χ3n) is 2.67. The molecule has 0 aliphatic heterocycles. The number of nitro benzene ring substituents is 1. The van der Waals surface area contributed by atoms with Crippen LogP contribution in [0.4, 0.5) is 11.6 Å². The number of hydrazone groups is 1. The lowest BCUT2D eigenvalue weighted by atomic mass is 10.1. The van der Waals surface area contributed by atoms with Crippen molar-refractivity contribution in [1.82, 2.24) is 9.97 Å². The molecule has 0 bridgehead atoms. The highest BCUT2D eigenvalue weighted by molar-refractivity contribution is 5.99. The Kier molecular flexibility index (Phi) is 4.07. The van der Waals surface area contributed by atoms with Gasteiger partial charge in [-0.3, -0.25) is 19.9 Å². The van der Waals surface area contributed by atoms with Crippen molar-refractivity contribution in [3.05, 3.63) is 62.1 Å². The molecule has 0 amide bonds. The van der Waals surface area contributed by atoms with Gasteiger partial charge in [-0.1, -0.05) is 12.1 Å². The smallest absolute Gasteiger partial charge is 0.270 e. The molecule has 8 heteroatoms. The van der Waals surface area contributed by atoms with Crippen LogP contribution in [0.2, 0.25) is 0 Å². The topological polar surface area (TPSA) is 113 Å². The number of nitrogens with zero attached hydrogens (tertiary/aromatic N) is 3. The molecule has 2 rings (SSSR count). The molecule has 0 unspecified atom stereocenters. The van der Waals surface area contributed by atoms with E-state index < -0.39 is 4.92 Å². The van der Waals surface area contributed by atoms with E-state index >= 15 is 0 Å². The van der Waals surface area contributed by atoms with Gasteiger partial charge in [0.25, 0.3) is 11.2 Å². The van der Waals surface area contributed by atoms with Crippen LogP contribution in [0.5, 0.6) is 0 Å². The summed E-state index contributed by atoms with van der Waals surface area (Å²) in [5.41, 5.74) is 4.02. The molecular formula is C13H13N5O3. The third kappa shape index (κ3) is 3.72. The molecule has 1 heterocycles. The summed E-state index contributed by atoms with van der Waals surface area (Å²) in [5, 5.41) is 14.8. The van der Waals surface area contributed by atoms with Gasteiger partial charge in [0, 0.05) is 29.5 Å². The van der Waals surface area contributed by atoms with E-state index in [-0.39, 0.29) is 17.2 Å². The minimum absolute atomic E-state index is 0.0101. The van der Waals surface area contributed by atoms with Crippen molar-refractivity contribution >= 4 is 17.3 Å². The number of aromatic nitrogens is 2. The molecule has 0 aliphatic carbocycles. The maximum atomic E-state index is 11.3.